The van der Waals surface area contributed by atoms with Crippen molar-refractivity contribution in [1.82, 2.24) is 0 Å². The normalized spacial score (nSPS) is 18.1. The van der Waals surface area contributed by atoms with Crippen molar-refractivity contribution in [3.05, 3.63) is 24.3 Å². The van der Waals surface area contributed by atoms with Crippen molar-refractivity contribution < 1.29 is 13.2 Å². The second-order valence-corrected chi connectivity index (χ2v) is 6.73. The summed E-state index contributed by atoms with van der Waals surface area (Å²) in [5.41, 5.74) is 0.0127. The summed E-state index contributed by atoms with van der Waals surface area (Å²) >= 11 is 0. The van der Waals surface area contributed by atoms with Gasteiger partial charge in [-0.15, -0.1) is 0 Å². The molecule has 1 saturated carbocycles. The molecule has 1 fully saturated rings. The second-order valence-electron chi connectivity index (χ2n) is 4.75. The van der Waals surface area contributed by atoms with E-state index >= 15 is 0 Å². The van der Waals surface area contributed by atoms with E-state index in [0.717, 1.165) is 12.8 Å². The van der Waals surface area contributed by atoms with Gasteiger partial charge in [0.05, 0.1) is 17.8 Å². The topological polar surface area (TPSA) is 43.4 Å². The highest BCUT2D eigenvalue weighted by molar-refractivity contribution is 7.91. The highest BCUT2D eigenvalue weighted by atomic mass is 32.2. The summed E-state index contributed by atoms with van der Waals surface area (Å²) in [6.07, 6.45) is 2.03. The Balaban J connectivity index is 2.21. The van der Waals surface area contributed by atoms with E-state index in [1.165, 1.54) is 0 Å². The van der Waals surface area contributed by atoms with Crippen molar-refractivity contribution >= 4 is 9.84 Å². The molecule has 16 heavy (non-hydrogen) atoms. The number of hydrogen-bond acceptors (Lipinski definition) is 3. The van der Waals surface area contributed by atoms with Crippen LogP contribution in [-0.4, -0.2) is 21.3 Å². The van der Waals surface area contributed by atoms with Crippen LogP contribution in [0.2, 0.25) is 0 Å². The maximum Gasteiger partial charge on any atom is 0.178 e. The van der Waals surface area contributed by atoms with Crippen LogP contribution in [-0.2, 0) is 9.84 Å². The Hall–Kier alpha value is -1.03. The first-order valence-electron chi connectivity index (χ1n) is 5.32. The lowest BCUT2D eigenvalue weighted by atomic mass is 10.2. The zero-order valence-corrected chi connectivity index (χ0v) is 10.4. The van der Waals surface area contributed by atoms with E-state index in [0.29, 0.717) is 10.6 Å². The lowest BCUT2D eigenvalue weighted by Crippen LogP contribution is -2.14. The molecule has 88 valence electrons. The molecule has 0 bridgehead atoms. The summed E-state index contributed by atoms with van der Waals surface area (Å²) in [5.74, 6) is 0.934. The molecule has 0 spiro atoms. The molecule has 1 aromatic carbocycles. The molecule has 3 nitrogen and oxygen atoms in total. The van der Waals surface area contributed by atoms with Crippen molar-refractivity contribution in [2.75, 3.05) is 12.9 Å². The lowest BCUT2D eigenvalue weighted by Gasteiger charge is -2.09. The molecule has 1 aliphatic carbocycles. The molecule has 0 atom stereocenters. The first kappa shape index (κ1) is 11.5. The summed E-state index contributed by atoms with van der Waals surface area (Å²) in [6, 6.07) is 6.59. The number of hydrogen-bond donors (Lipinski definition) is 0. The molecule has 1 aromatic rings. The Morgan fingerprint density at radius 2 is 1.81 bits per heavy atom. The van der Waals surface area contributed by atoms with Gasteiger partial charge in [-0.1, -0.05) is 6.92 Å². The molecule has 0 aromatic heterocycles. The third-order valence-electron chi connectivity index (χ3n) is 3.06. The Kier molecular flexibility index (Phi) is 2.70. The smallest absolute Gasteiger partial charge is 0.178 e. The summed E-state index contributed by atoms with van der Waals surface area (Å²) in [7, 11) is -1.57. The van der Waals surface area contributed by atoms with Crippen LogP contribution in [0.15, 0.2) is 29.2 Å². The average Bonchev–Trinajstić information content (AvgIpc) is 2.95. The molecule has 2 rings (SSSR count). The van der Waals surface area contributed by atoms with E-state index in [1.807, 2.05) is 6.92 Å². The fraction of sp³-hybridized carbons (Fsp3) is 0.500. The Morgan fingerprint density at radius 1 is 1.25 bits per heavy atom. The average molecular weight is 240 g/mol. The molecule has 0 radical (unpaired) electrons. The van der Waals surface area contributed by atoms with Crippen molar-refractivity contribution in [3.63, 3.8) is 0 Å². The van der Waals surface area contributed by atoms with Gasteiger partial charge in [0, 0.05) is 0 Å². The van der Waals surface area contributed by atoms with Gasteiger partial charge in [0.2, 0.25) is 0 Å². The minimum atomic E-state index is -3.14. The minimum absolute atomic E-state index is 0.0127. The summed E-state index contributed by atoms with van der Waals surface area (Å²) < 4.78 is 29.1. The summed E-state index contributed by atoms with van der Waals surface area (Å²) in [4.78, 5) is 0.390. The standard InChI is InChI=1S/C12H16O3S/c1-12(7-8-12)9-16(13,14)11-5-3-10(15-2)4-6-11/h3-6H,7-9H2,1-2H3. The van der Waals surface area contributed by atoms with E-state index in [-0.39, 0.29) is 11.2 Å². The zero-order valence-electron chi connectivity index (χ0n) is 9.56. The molecule has 0 aliphatic heterocycles. The number of rotatable bonds is 4. The van der Waals surface area contributed by atoms with Crippen molar-refractivity contribution in [1.29, 1.82) is 0 Å². The van der Waals surface area contributed by atoms with Crippen LogP contribution < -0.4 is 4.74 Å². The first-order valence-corrected chi connectivity index (χ1v) is 6.97. The van der Waals surface area contributed by atoms with Gasteiger partial charge in [0.15, 0.2) is 9.84 Å². The maximum atomic E-state index is 12.0. The van der Waals surface area contributed by atoms with E-state index in [9.17, 15) is 8.42 Å². The Bertz CT molecular complexity index is 469. The van der Waals surface area contributed by atoms with Crippen LogP contribution in [0.3, 0.4) is 0 Å². The van der Waals surface area contributed by atoms with Crippen LogP contribution in [0.5, 0.6) is 5.75 Å². The minimum Gasteiger partial charge on any atom is -0.497 e. The van der Waals surface area contributed by atoms with E-state index in [2.05, 4.69) is 0 Å². The summed E-state index contributed by atoms with van der Waals surface area (Å²) in [5, 5.41) is 0. The zero-order chi connectivity index (χ0) is 11.8. The van der Waals surface area contributed by atoms with Gasteiger partial charge in [0.1, 0.15) is 5.75 Å². The molecule has 0 amide bonds. The Labute approximate surface area is 96.4 Å². The SMILES string of the molecule is COc1ccc(S(=O)(=O)CC2(C)CC2)cc1. The number of benzene rings is 1. The van der Waals surface area contributed by atoms with Gasteiger partial charge in [-0.25, -0.2) is 8.42 Å². The van der Waals surface area contributed by atoms with Crippen molar-refractivity contribution in [3.8, 4) is 5.75 Å². The largest absolute Gasteiger partial charge is 0.497 e. The third kappa shape index (κ3) is 2.38. The fourth-order valence-electron chi connectivity index (χ4n) is 1.68. The number of ether oxygens (including phenoxy) is 1. The second kappa shape index (κ2) is 3.77. The molecule has 1 aliphatic rings. The molecule has 4 heteroatoms. The van der Waals surface area contributed by atoms with E-state index < -0.39 is 9.84 Å². The number of sulfone groups is 1. The first-order chi connectivity index (χ1) is 7.45. The van der Waals surface area contributed by atoms with E-state index in [4.69, 9.17) is 4.74 Å². The summed E-state index contributed by atoms with van der Waals surface area (Å²) in [6.45, 7) is 2.02. The predicted molar refractivity (Wildman–Crippen MR) is 62.4 cm³/mol. The van der Waals surface area contributed by atoms with Crippen LogP contribution in [0, 0.1) is 5.41 Å². The lowest BCUT2D eigenvalue weighted by molar-refractivity contribution is 0.414. The monoisotopic (exact) mass is 240 g/mol. The molecule has 0 unspecified atom stereocenters. The Morgan fingerprint density at radius 3 is 2.25 bits per heavy atom. The third-order valence-corrected chi connectivity index (χ3v) is 5.13. The van der Waals surface area contributed by atoms with Crippen LogP contribution in [0.1, 0.15) is 19.8 Å². The van der Waals surface area contributed by atoms with Gasteiger partial charge < -0.3 is 4.74 Å². The van der Waals surface area contributed by atoms with E-state index in [1.54, 1.807) is 31.4 Å². The predicted octanol–water partition coefficient (Wildman–Crippen LogP) is 2.27. The van der Waals surface area contributed by atoms with Gasteiger partial charge in [-0.2, -0.15) is 0 Å². The number of methoxy groups -OCH3 is 1. The molecular weight excluding hydrogens is 224 g/mol. The maximum absolute atomic E-state index is 12.0. The fourth-order valence-corrected chi connectivity index (χ4v) is 3.61. The van der Waals surface area contributed by atoms with Gasteiger partial charge in [-0.05, 0) is 42.5 Å². The molecule has 0 saturated heterocycles. The van der Waals surface area contributed by atoms with Crippen molar-refractivity contribution in [2.45, 2.75) is 24.7 Å². The van der Waals surface area contributed by atoms with Crippen LogP contribution in [0.25, 0.3) is 0 Å². The molecular formula is C12H16O3S. The highest BCUT2D eigenvalue weighted by Gasteiger charge is 2.41. The highest BCUT2D eigenvalue weighted by Crippen LogP contribution is 2.46. The van der Waals surface area contributed by atoms with Crippen molar-refractivity contribution in [2.24, 2.45) is 5.41 Å². The van der Waals surface area contributed by atoms with Gasteiger partial charge in [0.25, 0.3) is 0 Å². The quantitative estimate of drug-likeness (QED) is 0.811. The molecule has 0 N–H and O–H groups in total. The van der Waals surface area contributed by atoms with Gasteiger partial charge in [-0.3, -0.25) is 0 Å². The van der Waals surface area contributed by atoms with Crippen LogP contribution >= 0.6 is 0 Å². The van der Waals surface area contributed by atoms with Crippen LogP contribution in [0.4, 0.5) is 0 Å². The molecule has 0 heterocycles. The van der Waals surface area contributed by atoms with Gasteiger partial charge >= 0.3 is 0 Å².